The predicted molar refractivity (Wildman–Crippen MR) is 117 cm³/mol. The number of fused-ring (bicyclic) bond motifs is 1. The first kappa shape index (κ1) is 19.6. The van der Waals surface area contributed by atoms with E-state index >= 15 is 0 Å². The molecule has 1 aliphatic heterocycles. The van der Waals surface area contributed by atoms with E-state index in [-0.39, 0.29) is 11.8 Å². The van der Waals surface area contributed by atoms with Gasteiger partial charge in [-0.3, -0.25) is 14.6 Å². The van der Waals surface area contributed by atoms with Crippen LogP contribution in [0, 0.1) is 6.92 Å². The lowest BCUT2D eigenvalue weighted by atomic mass is 9.89. The third-order valence-corrected chi connectivity index (χ3v) is 5.20. The van der Waals surface area contributed by atoms with E-state index in [1.165, 1.54) is 4.90 Å². The number of rotatable bonds is 5. The minimum absolute atomic E-state index is 0.291. The number of aryl methyl sites for hydroxylation is 1. The molecule has 0 saturated heterocycles. The van der Waals surface area contributed by atoms with Gasteiger partial charge in [0.2, 0.25) is 5.91 Å². The minimum Gasteiger partial charge on any atom is -0.497 e. The molecule has 0 aliphatic carbocycles. The summed E-state index contributed by atoms with van der Waals surface area (Å²) < 4.78 is 5.17. The molecule has 0 N–H and O–H groups in total. The molecular formula is C25H22N2O3. The molecule has 0 unspecified atom stereocenters. The fourth-order valence-electron chi connectivity index (χ4n) is 3.53. The lowest BCUT2D eigenvalue weighted by Gasteiger charge is -2.31. The van der Waals surface area contributed by atoms with Gasteiger partial charge in [0.25, 0.3) is 5.91 Å². The molecule has 3 aromatic carbocycles. The second-order valence-corrected chi connectivity index (χ2v) is 7.22. The van der Waals surface area contributed by atoms with Crippen LogP contribution in [0.2, 0.25) is 0 Å². The molecule has 4 rings (SSSR count). The van der Waals surface area contributed by atoms with Crippen molar-refractivity contribution in [2.24, 2.45) is 4.99 Å². The minimum atomic E-state index is -0.613. The van der Waals surface area contributed by atoms with E-state index in [4.69, 9.17) is 4.74 Å². The average molecular weight is 398 g/mol. The monoisotopic (exact) mass is 398 g/mol. The summed E-state index contributed by atoms with van der Waals surface area (Å²) in [5.74, 6) is -0.426. The third kappa shape index (κ3) is 3.74. The van der Waals surface area contributed by atoms with Gasteiger partial charge in [0.15, 0.2) is 0 Å². The molecule has 5 nitrogen and oxygen atoms in total. The third-order valence-electron chi connectivity index (χ3n) is 5.20. The van der Waals surface area contributed by atoms with E-state index in [2.05, 4.69) is 4.99 Å². The van der Waals surface area contributed by atoms with Gasteiger partial charge in [0.1, 0.15) is 5.75 Å². The number of imide groups is 1. The number of hydrogen-bond donors (Lipinski definition) is 0. The standard InChI is InChI=1S/C25H22N2O3/c1-17-7-11-19(12-8-17)27-24(28)22-6-4-3-5-21(22)23(25(27)29)16-26-15-18-9-13-20(30-2)14-10-18/h3-14,16,23H,15H2,1-2H3/t23-/m0/s1. The van der Waals surface area contributed by atoms with Crippen molar-refractivity contribution in [3.8, 4) is 5.75 Å². The van der Waals surface area contributed by atoms with Crippen molar-refractivity contribution in [3.05, 3.63) is 95.1 Å². The van der Waals surface area contributed by atoms with Crippen LogP contribution in [0.25, 0.3) is 0 Å². The molecular weight excluding hydrogens is 376 g/mol. The SMILES string of the molecule is COc1ccc(CN=C[C@@H]2C(=O)N(c3ccc(C)cc3)C(=O)c3ccccc32)cc1. The highest BCUT2D eigenvalue weighted by Gasteiger charge is 2.38. The Morgan fingerprint density at radius 2 is 1.67 bits per heavy atom. The number of carbonyl (C=O) groups is 2. The second kappa shape index (κ2) is 8.33. The highest BCUT2D eigenvalue weighted by Crippen LogP contribution is 2.32. The number of hydrogen-bond acceptors (Lipinski definition) is 4. The van der Waals surface area contributed by atoms with Gasteiger partial charge in [-0.1, -0.05) is 48.0 Å². The fraction of sp³-hybridized carbons (Fsp3) is 0.160. The molecule has 1 atom stereocenters. The highest BCUT2D eigenvalue weighted by atomic mass is 16.5. The second-order valence-electron chi connectivity index (χ2n) is 7.22. The van der Waals surface area contributed by atoms with Gasteiger partial charge in [0, 0.05) is 11.8 Å². The van der Waals surface area contributed by atoms with Crippen molar-refractivity contribution in [1.82, 2.24) is 0 Å². The zero-order chi connectivity index (χ0) is 21.1. The lowest BCUT2D eigenvalue weighted by molar-refractivity contribution is -0.118. The lowest BCUT2D eigenvalue weighted by Crippen LogP contribution is -2.45. The summed E-state index contributed by atoms with van der Waals surface area (Å²) in [4.78, 5) is 32.1. The van der Waals surface area contributed by atoms with Crippen LogP contribution in [0.1, 0.15) is 33.0 Å². The van der Waals surface area contributed by atoms with Gasteiger partial charge in [0.05, 0.1) is 25.3 Å². The Hall–Kier alpha value is -3.73. The first-order chi connectivity index (χ1) is 14.6. The summed E-state index contributed by atoms with van der Waals surface area (Å²) in [6.07, 6.45) is 1.65. The molecule has 0 spiro atoms. The quantitative estimate of drug-likeness (QED) is 0.468. The Morgan fingerprint density at radius 1 is 0.967 bits per heavy atom. The fourth-order valence-corrected chi connectivity index (χ4v) is 3.53. The van der Waals surface area contributed by atoms with Gasteiger partial charge in [-0.05, 0) is 48.4 Å². The van der Waals surface area contributed by atoms with Crippen LogP contribution in [0.15, 0.2) is 77.8 Å². The largest absolute Gasteiger partial charge is 0.497 e. The zero-order valence-corrected chi connectivity index (χ0v) is 16.9. The van der Waals surface area contributed by atoms with E-state index in [0.29, 0.717) is 23.4 Å². The van der Waals surface area contributed by atoms with Gasteiger partial charge in [-0.25, -0.2) is 4.90 Å². The van der Waals surface area contributed by atoms with Crippen LogP contribution in [0.5, 0.6) is 5.75 Å². The molecule has 0 bridgehead atoms. The maximum Gasteiger partial charge on any atom is 0.265 e. The average Bonchev–Trinajstić information content (AvgIpc) is 2.78. The summed E-state index contributed by atoms with van der Waals surface area (Å²) >= 11 is 0. The van der Waals surface area contributed by atoms with E-state index in [0.717, 1.165) is 16.9 Å². The van der Waals surface area contributed by atoms with Crippen molar-refractivity contribution in [2.45, 2.75) is 19.4 Å². The first-order valence-corrected chi connectivity index (χ1v) is 9.75. The number of methoxy groups -OCH3 is 1. The summed E-state index contributed by atoms with van der Waals surface area (Å²) in [5, 5.41) is 0. The Bertz CT molecular complexity index is 1100. The smallest absolute Gasteiger partial charge is 0.265 e. The molecule has 150 valence electrons. The summed E-state index contributed by atoms with van der Waals surface area (Å²) in [6, 6.07) is 22.2. The van der Waals surface area contributed by atoms with Crippen molar-refractivity contribution >= 4 is 23.7 Å². The Morgan fingerprint density at radius 3 is 2.37 bits per heavy atom. The number of anilines is 1. The molecule has 5 heteroatoms. The van der Waals surface area contributed by atoms with E-state index in [1.807, 2.05) is 61.5 Å². The van der Waals surface area contributed by atoms with Crippen LogP contribution in [0.4, 0.5) is 5.69 Å². The normalized spacial score (nSPS) is 16.1. The Kier molecular flexibility index (Phi) is 5.44. The molecule has 0 aromatic heterocycles. The Labute approximate surface area is 175 Å². The Balaban J connectivity index is 1.65. The molecule has 0 fully saturated rings. The van der Waals surface area contributed by atoms with Gasteiger partial charge in [-0.2, -0.15) is 0 Å². The molecule has 1 heterocycles. The first-order valence-electron chi connectivity index (χ1n) is 9.75. The van der Waals surface area contributed by atoms with Crippen molar-refractivity contribution in [3.63, 3.8) is 0 Å². The van der Waals surface area contributed by atoms with Gasteiger partial charge < -0.3 is 4.74 Å². The molecule has 3 aromatic rings. The number of aliphatic imine (C=N–C) groups is 1. The van der Waals surface area contributed by atoms with Crippen LogP contribution < -0.4 is 9.64 Å². The van der Waals surface area contributed by atoms with Crippen molar-refractivity contribution in [1.29, 1.82) is 0 Å². The summed E-state index contributed by atoms with van der Waals surface area (Å²) in [5.41, 5.74) is 3.86. The van der Waals surface area contributed by atoms with Crippen molar-refractivity contribution in [2.75, 3.05) is 12.0 Å². The molecule has 0 saturated carbocycles. The number of ether oxygens (including phenoxy) is 1. The molecule has 30 heavy (non-hydrogen) atoms. The van der Waals surface area contributed by atoms with Crippen LogP contribution >= 0.6 is 0 Å². The summed E-state index contributed by atoms with van der Waals surface area (Å²) in [7, 11) is 1.63. The van der Waals surface area contributed by atoms with Crippen LogP contribution in [-0.4, -0.2) is 25.1 Å². The number of carbonyl (C=O) groups excluding carboxylic acids is 2. The number of benzene rings is 3. The number of amides is 2. The highest BCUT2D eigenvalue weighted by molar-refractivity contribution is 6.29. The van der Waals surface area contributed by atoms with E-state index < -0.39 is 5.92 Å². The zero-order valence-electron chi connectivity index (χ0n) is 16.9. The van der Waals surface area contributed by atoms with Gasteiger partial charge in [-0.15, -0.1) is 0 Å². The van der Waals surface area contributed by atoms with Gasteiger partial charge >= 0.3 is 0 Å². The molecule has 1 aliphatic rings. The molecule has 2 amide bonds. The van der Waals surface area contributed by atoms with Crippen LogP contribution in [0.3, 0.4) is 0 Å². The van der Waals surface area contributed by atoms with Crippen LogP contribution in [-0.2, 0) is 11.3 Å². The maximum absolute atomic E-state index is 13.3. The van der Waals surface area contributed by atoms with E-state index in [9.17, 15) is 9.59 Å². The van der Waals surface area contributed by atoms with E-state index in [1.54, 1.807) is 31.5 Å². The van der Waals surface area contributed by atoms with Crippen molar-refractivity contribution < 1.29 is 14.3 Å². The predicted octanol–water partition coefficient (Wildman–Crippen LogP) is 4.55. The summed E-state index contributed by atoms with van der Waals surface area (Å²) in [6.45, 7) is 2.40. The number of nitrogens with zero attached hydrogens (tertiary/aromatic N) is 2. The topological polar surface area (TPSA) is 59.0 Å². The molecule has 0 radical (unpaired) electrons. The maximum atomic E-state index is 13.3.